The van der Waals surface area contributed by atoms with Crippen molar-refractivity contribution in [2.45, 2.75) is 18.6 Å². The van der Waals surface area contributed by atoms with E-state index in [9.17, 15) is 13.2 Å². The molecule has 0 aliphatic rings. The summed E-state index contributed by atoms with van der Waals surface area (Å²) in [4.78, 5) is 4.11. The van der Waals surface area contributed by atoms with Gasteiger partial charge in [0.2, 0.25) is 0 Å². The average molecular weight is 411 g/mol. The molecule has 0 unspecified atom stereocenters. The Morgan fingerprint density at radius 3 is 2.57 bits per heavy atom. The highest BCUT2D eigenvalue weighted by atomic mass is 19.4. The van der Waals surface area contributed by atoms with E-state index in [4.69, 9.17) is 5.73 Å². The summed E-state index contributed by atoms with van der Waals surface area (Å²) in [6, 6.07) is 12.8. The van der Waals surface area contributed by atoms with Crippen LogP contribution in [0.1, 0.15) is 11.1 Å². The molecule has 154 valence electrons. The summed E-state index contributed by atoms with van der Waals surface area (Å²) in [6.45, 7) is 0.468. The van der Waals surface area contributed by atoms with Crippen LogP contribution in [-0.4, -0.2) is 27.4 Å². The van der Waals surface area contributed by atoms with Gasteiger partial charge in [0, 0.05) is 30.4 Å². The molecule has 4 rings (SSSR count). The maximum atomic E-state index is 12.6. The lowest BCUT2D eigenvalue weighted by Gasteiger charge is -2.13. The number of benzene rings is 2. The fraction of sp³-hybridized carbons (Fsp3) is 0.182. The molecule has 8 heteroatoms. The Bertz CT molecular complexity index is 1140. The zero-order valence-electron chi connectivity index (χ0n) is 16.0. The van der Waals surface area contributed by atoms with Gasteiger partial charge < -0.3 is 11.1 Å². The number of nitrogens with two attached hydrogens (primary N) is 1. The molecule has 0 saturated heterocycles. The summed E-state index contributed by atoms with van der Waals surface area (Å²) in [5.41, 5.74) is 7.98. The van der Waals surface area contributed by atoms with E-state index in [1.54, 1.807) is 17.1 Å². The monoisotopic (exact) mass is 411 g/mol. The zero-order valence-corrected chi connectivity index (χ0v) is 16.0. The zero-order chi connectivity index (χ0) is 21.1. The van der Waals surface area contributed by atoms with Crippen LogP contribution in [0.15, 0.2) is 73.3 Å². The van der Waals surface area contributed by atoms with E-state index < -0.39 is 11.7 Å². The lowest BCUT2D eigenvalue weighted by atomic mass is 10.0. The van der Waals surface area contributed by atoms with E-state index in [-0.39, 0.29) is 6.04 Å². The first kappa shape index (κ1) is 19.9. The third-order valence-corrected chi connectivity index (χ3v) is 4.82. The third-order valence-electron chi connectivity index (χ3n) is 4.82. The van der Waals surface area contributed by atoms with Crippen molar-refractivity contribution in [3.05, 3.63) is 84.4 Å². The maximum absolute atomic E-state index is 12.6. The van der Waals surface area contributed by atoms with Crippen LogP contribution in [0.5, 0.6) is 0 Å². The number of nitrogens with zero attached hydrogens (tertiary/aromatic N) is 3. The van der Waals surface area contributed by atoms with Crippen molar-refractivity contribution in [1.29, 1.82) is 0 Å². The summed E-state index contributed by atoms with van der Waals surface area (Å²) in [5.74, 6) is 0. The van der Waals surface area contributed by atoms with Gasteiger partial charge in [-0.05, 0) is 47.7 Å². The number of pyridine rings is 1. The molecule has 0 fully saturated rings. The standard InChI is InChI=1S/C22H20F3N5/c23-22(24,25)18-4-1-15(2-5-18)9-19(26)12-28-20-13-29-30(14-20)21-6-3-17-11-27-8-7-16(17)10-21/h1-8,10-11,13-14,19,28H,9,12,26H2/t19-/m1/s1. The molecule has 0 aliphatic carbocycles. The Hall–Kier alpha value is -3.39. The molecule has 2 aromatic heterocycles. The number of halogens is 3. The second kappa shape index (κ2) is 8.16. The second-order valence-electron chi connectivity index (χ2n) is 7.12. The molecule has 0 amide bonds. The number of nitrogens with one attached hydrogen (secondary N) is 1. The number of hydrogen-bond acceptors (Lipinski definition) is 4. The average Bonchev–Trinajstić information content (AvgIpc) is 3.21. The van der Waals surface area contributed by atoms with Gasteiger partial charge in [0.15, 0.2) is 0 Å². The van der Waals surface area contributed by atoms with Crippen LogP contribution >= 0.6 is 0 Å². The van der Waals surface area contributed by atoms with Crippen molar-refractivity contribution in [2.75, 3.05) is 11.9 Å². The van der Waals surface area contributed by atoms with Crippen LogP contribution in [0.4, 0.5) is 18.9 Å². The Morgan fingerprint density at radius 1 is 1.00 bits per heavy atom. The summed E-state index contributed by atoms with van der Waals surface area (Å²) in [6.07, 6.45) is 3.28. The molecule has 0 aliphatic heterocycles. The van der Waals surface area contributed by atoms with E-state index in [0.29, 0.717) is 13.0 Å². The quantitative estimate of drug-likeness (QED) is 0.493. The van der Waals surface area contributed by atoms with Gasteiger partial charge >= 0.3 is 6.18 Å². The van der Waals surface area contributed by atoms with E-state index in [0.717, 1.165) is 39.8 Å². The van der Waals surface area contributed by atoms with Crippen LogP contribution in [0.3, 0.4) is 0 Å². The van der Waals surface area contributed by atoms with Crippen LogP contribution in [-0.2, 0) is 12.6 Å². The van der Waals surface area contributed by atoms with Crippen molar-refractivity contribution in [3.8, 4) is 5.69 Å². The Labute approximate surface area is 171 Å². The number of rotatable bonds is 6. The highest BCUT2D eigenvalue weighted by Crippen LogP contribution is 2.29. The molecule has 2 aromatic carbocycles. The summed E-state index contributed by atoms with van der Waals surface area (Å²) < 4.78 is 39.7. The number of fused-ring (bicyclic) bond motifs is 1. The Kier molecular flexibility index (Phi) is 5.41. The van der Waals surface area contributed by atoms with Crippen molar-refractivity contribution in [3.63, 3.8) is 0 Å². The van der Waals surface area contributed by atoms with Gasteiger partial charge in [0.25, 0.3) is 0 Å². The van der Waals surface area contributed by atoms with Crippen LogP contribution in [0.25, 0.3) is 16.5 Å². The minimum Gasteiger partial charge on any atom is -0.381 e. The van der Waals surface area contributed by atoms with Crippen molar-refractivity contribution in [1.82, 2.24) is 14.8 Å². The number of hydrogen-bond donors (Lipinski definition) is 2. The summed E-state index contributed by atoms with van der Waals surface area (Å²) in [7, 11) is 0. The summed E-state index contributed by atoms with van der Waals surface area (Å²) in [5, 5.41) is 9.74. The maximum Gasteiger partial charge on any atom is 0.416 e. The Morgan fingerprint density at radius 2 is 1.80 bits per heavy atom. The molecule has 0 spiro atoms. The van der Waals surface area contributed by atoms with E-state index in [2.05, 4.69) is 15.4 Å². The highest BCUT2D eigenvalue weighted by molar-refractivity contribution is 5.83. The molecule has 5 nitrogen and oxygen atoms in total. The fourth-order valence-electron chi connectivity index (χ4n) is 3.22. The normalized spacial score (nSPS) is 12.8. The molecular formula is C22H20F3N5. The molecule has 4 aromatic rings. The predicted molar refractivity (Wildman–Crippen MR) is 110 cm³/mol. The SMILES string of the molecule is N[C@@H](CNc1cnn(-c2ccc3cnccc3c2)c1)Cc1ccc(C(F)(F)F)cc1. The van der Waals surface area contributed by atoms with Gasteiger partial charge in [-0.3, -0.25) is 4.98 Å². The predicted octanol–water partition coefficient (Wildman–Crippen LogP) is 4.42. The minimum absolute atomic E-state index is 0.252. The van der Waals surface area contributed by atoms with E-state index in [1.165, 1.54) is 12.1 Å². The summed E-state index contributed by atoms with van der Waals surface area (Å²) >= 11 is 0. The van der Waals surface area contributed by atoms with Crippen molar-refractivity contribution >= 4 is 16.5 Å². The van der Waals surface area contributed by atoms with Crippen molar-refractivity contribution in [2.24, 2.45) is 5.73 Å². The van der Waals surface area contributed by atoms with Gasteiger partial charge in [-0.25, -0.2) is 4.68 Å². The Balaban J connectivity index is 1.35. The van der Waals surface area contributed by atoms with Gasteiger partial charge in [0.05, 0.1) is 29.3 Å². The first-order chi connectivity index (χ1) is 14.4. The van der Waals surface area contributed by atoms with Gasteiger partial charge in [-0.2, -0.15) is 18.3 Å². The smallest absolute Gasteiger partial charge is 0.381 e. The largest absolute Gasteiger partial charge is 0.416 e. The van der Waals surface area contributed by atoms with Gasteiger partial charge in [-0.1, -0.05) is 18.2 Å². The molecule has 0 bridgehead atoms. The van der Waals surface area contributed by atoms with E-state index >= 15 is 0 Å². The molecule has 30 heavy (non-hydrogen) atoms. The fourth-order valence-corrected chi connectivity index (χ4v) is 3.22. The molecular weight excluding hydrogens is 391 g/mol. The molecule has 1 atom stereocenters. The molecule has 3 N–H and O–H groups in total. The third kappa shape index (κ3) is 4.60. The minimum atomic E-state index is -4.33. The van der Waals surface area contributed by atoms with Gasteiger partial charge in [-0.15, -0.1) is 0 Å². The first-order valence-corrected chi connectivity index (χ1v) is 9.43. The second-order valence-corrected chi connectivity index (χ2v) is 7.12. The lowest BCUT2D eigenvalue weighted by molar-refractivity contribution is -0.137. The highest BCUT2D eigenvalue weighted by Gasteiger charge is 2.29. The molecule has 0 saturated carbocycles. The van der Waals surface area contributed by atoms with E-state index in [1.807, 2.05) is 36.7 Å². The molecule has 2 heterocycles. The lowest BCUT2D eigenvalue weighted by Crippen LogP contribution is -2.31. The van der Waals surface area contributed by atoms with Crippen LogP contribution < -0.4 is 11.1 Å². The molecule has 0 radical (unpaired) electrons. The van der Waals surface area contributed by atoms with Crippen molar-refractivity contribution < 1.29 is 13.2 Å². The van der Waals surface area contributed by atoms with Crippen LogP contribution in [0, 0.1) is 0 Å². The number of aromatic nitrogens is 3. The number of alkyl halides is 3. The van der Waals surface area contributed by atoms with Crippen LogP contribution in [0.2, 0.25) is 0 Å². The number of anilines is 1. The topological polar surface area (TPSA) is 68.8 Å². The first-order valence-electron chi connectivity index (χ1n) is 9.43. The van der Waals surface area contributed by atoms with Gasteiger partial charge in [0.1, 0.15) is 0 Å².